The van der Waals surface area contributed by atoms with Crippen LogP contribution in [0, 0.1) is 6.92 Å². The van der Waals surface area contributed by atoms with Gasteiger partial charge in [-0.3, -0.25) is 4.99 Å². The van der Waals surface area contributed by atoms with Gasteiger partial charge in [-0.05, 0) is 88.6 Å². The number of hydrogen-bond donors (Lipinski definition) is 2. The van der Waals surface area contributed by atoms with E-state index in [9.17, 15) is 10.2 Å². The van der Waals surface area contributed by atoms with Crippen LogP contribution in [0.25, 0.3) is 0 Å². The molecule has 0 heterocycles. The highest BCUT2D eigenvalue weighted by molar-refractivity contribution is 5.85. The fourth-order valence-electron chi connectivity index (χ4n) is 6.44. The Hall–Kier alpha value is -4.09. The molecular weight excluding hydrogens is 606 g/mol. The summed E-state index contributed by atoms with van der Waals surface area (Å²) in [6.45, 7) is 21.3. The molecule has 262 valence electrons. The zero-order chi connectivity index (χ0) is 36.4. The second-order valence-corrected chi connectivity index (χ2v) is 16.4. The van der Waals surface area contributed by atoms with Gasteiger partial charge in [0.2, 0.25) is 0 Å². The number of ether oxygens (including phenoxy) is 2. The van der Waals surface area contributed by atoms with E-state index >= 15 is 0 Å². The molecule has 0 saturated heterocycles. The van der Waals surface area contributed by atoms with Gasteiger partial charge >= 0.3 is 0 Å². The van der Waals surface area contributed by atoms with Crippen LogP contribution in [0.4, 0.5) is 0 Å². The summed E-state index contributed by atoms with van der Waals surface area (Å²) in [7, 11) is 3.28. The summed E-state index contributed by atoms with van der Waals surface area (Å²) in [4.78, 5) is 5.25. The number of phenolic OH excluding ortho intramolecular Hbond substituents is 1. The van der Waals surface area contributed by atoms with E-state index < -0.39 is 11.6 Å². The zero-order valence-corrected chi connectivity index (χ0v) is 31.7. The van der Waals surface area contributed by atoms with Crippen molar-refractivity contribution in [3.63, 3.8) is 0 Å². The Balaban J connectivity index is 2.10. The average Bonchev–Trinajstić information content (AvgIpc) is 3.04. The van der Waals surface area contributed by atoms with Gasteiger partial charge in [0.05, 0.1) is 20.3 Å². The highest BCUT2D eigenvalue weighted by atomic mass is 16.5. The first-order valence-corrected chi connectivity index (χ1v) is 17.3. The predicted molar refractivity (Wildman–Crippen MR) is 204 cm³/mol. The smallest absolute Gasteiger partial charge is 0.144 e. The Morgan fingerprint density at radius 1 is 0.673 bits per heavy atom. The quantitative estimate of drug-likeness (QED) is 0.166. The molecule has 0 spiro atoms. The molecule has 1 atom stereocenters. The molecule has 2 N–H and O–H groups in total. The van der Waals surface area contributed by atoms with Crippen molar-refractivity contribution in [2.45, 2.75) is 110 Å². The van der Waals surface area contributed by atoms with E-state index in [0.717, 1.165) is 27.8 Å². The van der Waals surface area contributed by atoms with Gasteiger partial charge in [-0.15, -0.1) is 0 Å². The number of methoxy groups -OCH3 is 2. The minimum absolute atomic E-state index is 0.196. The summed E-state index contributed by atoms with van der Waals surface area (Å²) < 4.78 is 12.0. The first kappa shape index (κ1) is 37.7. The Kier molecular flexibility index (Phi) is 11.1. The molecule has 0 aliphatic carbocycles. The van der Waals surface area contributed by atoms with E-state index in [1.165, 1.54) is 0 Å². The van der Waals surface area contributed by atoms with Crippen LogP contribution in [-0.4, -0.2) is 36.7 Å². The maximum atomic E-state index is 13.7. The van der Waals surface area contributed by atoms with Crippen molar-refractivity contribution < 1.29 is 19.7 Å². The van der Waals surface area contributed by atoms with Crippen molar-refractivity contribution in [3.8, 4) is 17.2 Å². The predicted octanol–water partition coefficient (Wildman–Crippen LogP) is 9.97. The van der Waals surface area contributed by atoms with Crippen molar-refractivity contribution in [3.05, 3.63) is 123 Å². The lowest BCUT2D eigenvalue weighted by atomic mass is 9.73. The standard InChI is InChI=1S/C44H57NO4/c1-29-24-31(40(46)36(25-29)43(8,9)10)28-45-39(23-18-30-16-14-13-15-17-30)44(47,34-26-32(41(2,3)4)19-21-37(34)48-11)35-27-33(42(5,6)7)20-22-38(35)49-12/h13-17,19-22,24-28,39,46-47H,18,23H2,1-12H3. The van der Waals surface area contributed by atoms with Gasteiger partial charge in [0.25, 0.3) is 0 Å². The Morgan fingerprint density at radius 3 is 1.63 bits per heavy atom. The van der Waals surface area contributed by atoms with Crippen LogP contribution in [0.5, 0.6) is 17.2 Å². The molecule has 0 aliphatic rings. The second-order valence-electron chi connectivity index (χ2n) is 16.4. The van der Waals surface area contributed by atoms with E-state index in [0.29, 0.717) is 41.0 Å². The average molecular weight is 664 g/mol. The topological polar surface area (TPSA) is 71.3 Å². The molecule has 0 saturated carbocycles. The number of benzene rings is 4. The monoisotopic (exact) mass is 663 g/mol. The summed E-state index contributed by atoms with van der Waals surface area (Å²) in [5.41, 5.74) is 4.63. The van der Waals surface area contributed by atoms with Crippen molar-refractivity contribution in [1.29, 1.82) is 0 Å². The summed E-state index contributed by atoms with van der Waals surface area (Å²) in [5.74, 6) is 1.32. The van der Waals surface area contributed by atoms with Crippen LogP contribution >= 0.6 is 0 Å². The lowest BCUT2D eigenvalue weighted by molar-refractivity contribution is 0.0447. The molecule has 4 aromatic rings. The van der Waals surface area contributed by atoms with E-state index in [4.69, 9.17) is 14.5 Å². The van der Waals surface area contributed by atoms with Gasteiger partial charge in [-0.25, -0.2) is 0 Å². The number of phenols is 1. The van der Waals surface area contributed by atoms with Crippen LogP contribution in [0.1, 0.15) is 113 Å². The minimum atomic E-state index is -1.70. The lowest BCUT2D eigenvalue weighted by Gasteiger charge is -2.38. The molecule has 0 fully saturated rings. The number of aliphatic imine (C=N–C) groups is 1. The fraction of sp³-hybridized carbons (Fsp3) is 0.432. The lowest BCUT2D eigenvalue weighted by Crippen LogP contribution is -2.41. The van der Waals surface area contributed by atoms with E-state index in [1.807, 2.05) is 49.4 Å². The van der Waals surface area contributed by atoms with Gasteiger partial charge in [0, 0.05) is 28.5 Å². The van der Waals surface area contributed by atoms with Gasteiger partial charge < -0.3 is 19.7 Å². The largest absolute Gasteiger partial charge is 0.507 e. The van der Waals surface area contributed by atoms with Gasteiger partial charge in [-0.1, -0.05) is 111 Å². The second kappa shape index (κ2) is 14.4. The molecule has 4 rings (SSSR count). The summed E-state index contributed by atoms with van der Waals surface area (Å²) in [5, 5.41) is 25.3. The van der Waals surface area contributed by atoms with Gasteiger partial charge in [0.15, 0.2) is 0 Å². The van der Waals surface area contributed by atoms with Crippen LogP contribution < -0.4 is 9.47 Å². The molecule has 0 aliphatic heterocycles. The molecule has 4 aromatic carbocycles. The van der Waals surface area contributed by atoms with E-state index in [2.05, 4.69) is 98.7 Å². The molecule has 0 aromatic heterocycles. The number of aliphatic hydroxyl groups is 1. The zero-order valence-electron chi connectivity index (χ0n) is 31.7. The molecule has 49 heavy (non-hydrogen) atoms. The minimum Gasteiger partial charge on any atom is -0.507 e. The first-order valence-electron chi connectivity index (χ1n) is 17.3. The van der Waals surface area contributed by atoms with Crippen molar-refractivity contribution in [1.82, 2.24) is 0 Å². The highest BCUT2D eigenvalue weighted by Gasteiger charge is 2.45. The van der Waals surface area contributed by atoms with Crippen LogP contribution in [0.15, 0.2) is 83.9 Å². The number of aromatic hydroxyl groups is 1. The highest BCUT2D eigenvalue weighted by Crippen LogP contribution is 2.47. The normalized spacial score (nSPS) is 13.5. The van der Waals surface area contributed by atoms with Crippen LogP contribution in [0.3, 0.4) is 0 Å². The third kappa shape index (κ3) is 8.38. The summed E-state index contributed by atoms with van der Waals surface area (Å²) in [6, 6.07) is 25.7. The van der Waals surface area contributed by atoms with E-state index in [1.54, 1.807) is 20.4 Å². The van der Waals surface area contributed by atoms with Gasteiger partial charge in [0.1, 0.15) is 22.8 Å². The summed E-state index contributed by atoms with van der Waals surface area (Å²) in [6.07, 6.45) is 2.90. The van der Waals surface area contributed by atoms with Crippen LogP contribution in [-0.2, 0) is 28.3 Å². The maximum Gasteiger partial charge on any atom is 0.144 e. The third-order valence-corrected chi connectivity index (χ3v) is 9.47. The molecule has 5 heteroatoms. The SMILES string of the molecule is COc1ccc(C(C)(C)C)cc1C(O)(c1cc(C(C)(C)C)ccc1OC)C(CCc1ccccc1)N=Cc1cc(C)cc(C(C)(C)C)c1O. The summed E-state index contributed by atoms with van der Waals surface area (Å²) >= 11 is 0. The third-order valence-electron chi connectivity index (χ3n) is 9.47. The Bertz CT molecular complexity index is 1700. The number of hydrogen-bond acceptors (Lipinski definition) is 5. The number of nitrogens with zero attached hydrogens (tertiary/aromatic N) is 1. The molecule has 1 unspecified atom stereocenters. The maximum absolute atomic E-state index is 13.7. The van der Waals surface area contributed by atoms with Crippen molar-refractivity contribution >= 4 is 6.21 Å². The molecule has 5 nitrogen and oxygen atoms in total. The molecule has 0 amide bonds. The number of aryl methyl sites for hydroxylation is 2. The number of rotatable bonds is 10. The van der Waals surface area contributed by atoms with Crippen molar-refractivity contribution in [2.24, 2.45) is 4.99 Å². The molecule has 0 bridgehead atoms. The first-order chi connectivity index (χ1) is 22.8. The Labute approximate surface area is 295 Å². The Morgan fingerprint density at radius 2 is 1.18 bits per heavy atom. The molecular formula is C44H57NO4. The van der Waals surface area contributed by atoms with E-state index in [-0.39, 0.29) is 22.0 Å². The van der Waals surface area contributed by atoms with Crippen LogP contribution in [0.2, 0.25) is 0 Å². The van der Waals surface area contributed by atoms with Crippen molar-refractivity contribution in [2.75, 3.05) is 14.2 Å². The fourth-order valence-corrected chi connectivity index (χ4v) is 6.44. The van der Waals surface area contributed by atoms with Gasteiger partial charge in [-0.2, -0.15) is 0 Å². The molecule has 0 radical (unpaired) electrons.